The van der Waals surface area contributed by atoms with E-state index in [1.807, 2.05) is 0 Å². The van der Waals surface area contributed by atoms with Crippen molar-refractivity contribution < 1.29 is 14.7 Å². The van der Waals surface area contributed by atoms with Gasteiger partial charge in [0.2, 0.25) is 0 Å². The van der Waals surface area contributed by atoms with Crippen LogP contribution in [0.25, 0.3) is 5.82 Å². The molecule has 0 aromatic carbocycles. The van der Waals surface area contributed by atoms with Crippen molar-refractivity contribution in [3.8, 4) is 5.82 Å². The van der Waals surface area contributed by atoms with Crippen molar-refractivity contribution in [2.75, 3.05) is 0 Å². The van der Waals surface area contributed by atoms with E-state index in [0.717, 1.165) is 6.20 Å². The molecule has 0 spiro atoms. The van der Waals surface area contributed by atoms with Gasteiger partial charge in [-0.15, -0.1) is 0 Å². The van der Waals surface area contributed by atoms with Crippen molar-refractivity contribution in [2.24, 2.45) is 5.73 Å². The second kappa shape index (κ2) is 4.00. The predicted octanol–water partition coefficient (Wildman–Crippen LogP) is -0.541. The first-order valence-corrected chi connectivity index (χ1v) is 4.49. The standard InChI is InChI=1S/C9H7N5O3/c10-8(15)5-1-2-14(13-5)7-4-11-6(3-12-7)9(16)17/h1-4H,(H2,10,15)(H,16,17). The summed E-state index contributed by atoms with van der Waals surface area (Å²) in [4.78, 5) is 28.9. The molecule has 2 heterocycles. The number of amides is 1. The third-order valence-electron chi connectivity index (χ3n) is 1.93. The van der Waals surface area contributed by atoms with Crippen molar-refractivity contribution in [2.45, 2.75) is 0 Å². The van der Waals surface area contributed by atoms with Crippen molar-refractivity contribution in [1.29, 1.82) is 0 Å². The molecule has 17 heavy (non-hydrogen) atoms. The molecule has 0 radical (unpaired) electrons. The Balaban J connectivity index is 2.33. The summed E-state index contributed by atoms with van der Waals surface area (Å²) in [5.74, 6) is -1.52. The third kappa shape index (κ3) is 2.09. The number of hydrogen-bond acceptors (Lipinski definition) is 5. The first-order chi connectivity index (χ1) is 8.08. The Morgan fingerprint density at radius 1 is 1.24 bits per heavy atom. The normalized spacial score (nSPS) is 10.1. The molecule has 0 aliphatic heterocycles. The number of nitrogens with two attached hydrogens (primary N) is 1. The van der Waals surface area contributed by atoms with Gasteiger partial charge in [0.05, 0.1) is 12.4 Å². The minimum atomic E-state index is -1.16. The average molecular weight is 233 g/mol. The zero-order chi connectivity index (χ0) is 12.4. The minimum absolute atomic E-state index is 0.0918. The molecule has 2 rings (SSSR count). The quantitative estimate of drug-likeness (QED) is 0.733. The van der Waals surface area contributed by atoms with Crippen LogP contribution in [0.1, 0.15) is 21.0 Å². The molecule has 1 amide bonds. The van der Waals surface area contributed by atoms with Gasteiger partial charge in [0.25, 0.3) is 5.91 Å². The van der Waals surface area contributed by atoms with Crippen LogP contribution in [0.3, 0.4) is 0 Å². The Hall–Kier alpha value is -2.77. The molecule has 0 bridgehead atoms. The highest BCUT2D eigenvalue weighted by Crippen LogP contribution is 2.03. The topological polar surface area (TPSA) is 124 Å². The minimum Gasteiger partial charge on any atom is -0.476 e. The Labute approximate surface area is 94.7 Å². The van der Waals surface area contributed by atoms with E-state index in [2.05, 4.69) is 15.1 Å². The molecule has 8 nitrogen and oxygen atoms in total. The fourth-order valence-corrected chi connectivity index (χ4v) is 1.13. The monoisotopic (exact) mass is 233 g/mol. The summed E-state index contributed by atoms with van der Waals surface area (Å²) < 4.78 is 1.28. The highest BCUT2D eigenvalue weighted by molar-refractivity contribution is 5.90. The Bertz CT molecular complexity index is 575. The lowest BCUT2D eigenvalue weighted by Crippen LogP contribution is -2.12. The Morgan fingerprint density at radius 3 is 2.47 bits per heavy atom. The molecule has 0 saturated carbocycles. The van der Waals surface area contributed by atoms with Crippen LogP contribution in [0.4, 0.5) is 0 Å². The summed E-state index contributed by atoms with van der Waals surface area (Å²) in [5, 5.41) is 12.5. The van der Waals surface area contributed by atoms with E-state index in [9.17, 15) is 9.59 Å². The number of carbonyl (C=O) groups excluding carboxylic acids is 1. The van der Waals surface area contributed by atoms with E-state index in [-0.39, 0.29) is 11.4 Å². The largest absolute Gasteiger partial charge is 0.476 e. The van der Waals surface area contributed by atoms with E-state index in [0.29, 0.717) is 5.82 Å². The summed E-state index contributed by atoms with van der Waals surface area (Å²) >= 11 is 0. The number of carboxylic acids is 1. The third-order valence-corrected chi connectivity index (χ3v) is 1.93. The summed E-state index contributed by atoms with van der Waals surface area (Å²) in [7, 11) is 0. The molecule has 0 aliphatic carbocycles. The number of carboxylic acid groups (broad SMARTS) is 1. The summed E-state index contributed by atoms with van der Waals surface area (Å²) in [6, 6.07) is 1.43. The van der Waals surface area contributed by atoms with Gasteiger partial charge >= 0.3 is 5.97 Å². The van der Waals surface area contributed by atoms with Gasteiger partial charge in [0.1, 0.15) is 5.69 Å². The Morgan fingerprint density at radius 2 is 2.00 bits per heavy atom. The van der Waals surface area contributed by atoms with Crippen molar-refractivity contribution in [1.82, 2.24) is 19.7 Å². The van der Waals surface area contributed by atoms with Crippen LogP contribution in [0, 0.1) is 0 Å². The van der Waals surface area contributed by atoms with Gasteiger partial charge in [0, 0.05) is 6.20 Å². The molecular formula is C9H7N5O3. The maximum atomic E-state index is 10.8. The van der Waals surface area contributed by atoms with Gasteiger partial charge in [-0.05, 0) is 6.07 Å². The maximum absolute atomic E-state index is 10.8. The molecule has 2 aromatic rings. The zero-order valence-electron chi connectivity index (χ0n) is 8.44. The van der Waals surface area contributed by atoms with Gasteiger partial charge in [-0.25, -0.2) is 19.4 Å². The molecule has 0 fully saturated rings. The lowest BCUT2D eigenvalue weighted by atomic mass is 10.4. The molecule has 0 unspecified atom stereocenters. The summed E-state index contributed by atoms with van der Waals surface area (Å²) in [5.41, 5.74) is 4.96. The molecule has 0 aliphatic rings. The molecule has 86 valence electrons. The lowest BCUT2D eigenvalue weighted by Gasteiger charge is -1.99. The summed E-state index contributed by atoms with van der Waals surface area (Å²) in [6.07, 6.45) is 3.81. The second-order valence-electron chi connectivity index (χ2n) is 3.07. The zero-order valence-corrected chi connectivity index (χ0v) is 8.44. The van der Waals surface area contributed by atoms with Crippen LogP contribution in [0.5, 0.6) is 0 Å². The highest BCUT2D eigenvalue weighted by atomic mass is 16.4. The number of hydrogen-bond donors (Lipinski definition) is 2. The number of nitrogens with zero attached hydrogens (tertiary/aromatic N) is 4. The van der Waals surface area contributed by atoms with Crippen LogP contribution in [-0.2, 0) is 0 Å². The van der Waals surface area contributed by atoms with E-state index < -0.39 is 11.9 Å². The van der Waals surface area contributed by atoms with Gasteiger partial charge in [0.15, 0.2) is 11.5 Å². The number of rotatable bonds is 3. The number of primary amides is 1. The van der Waals surface area contributed by atoms with Crippen LogP contribution >= 0.6 is 0 Å². The van der Waals surface area contributed by atoms with E-state index in [1.165, 1.54) is 23.1 Å². The fourth-order valence-electron chi connectivity index (χ4n) is 1.13. The first-order valence-electron chi connectivity index (χ1n) is 4.49. The van der Waals surface area contributed by atoms with Gasteiger partial charge < -0.3 is 10.8 Å². The smallest absolute Gasteiger partial charge is 0.356 e. The first kappa shape index (κ1) is 10.7. The fraction of sp³-hybridized carbons (Fsp3) is 0. The molecular weight excluding hydrogens is 226 g/mol. The SMILES string of the molecule is NC(=O)c1ccn(-c2cnc(C(=O)O)cn2)n1. The molecule has 3 N–H and O–H groups in total. The molecule has 8 heteroatoms. The van der Waals surface area contributed by atoms with Crippen molar-refractivity contribution in [3.63, 3.8) is 0 Å². The molecule has 2 aromatic heterocycles. The number of aromatic nitrogens is 4. The van der Waals surface area contributed by atoms with Gasteiger partial charge in [-0.2, -0.15) is 5.10 Å². The van der Waals surface area contributed by atoms with Crippen molar-refractivity contribution in [3.05, 3.63) is 36.0 Å². The predicted molar refractivity (Wildman–Crippen MR) is 54.6 cm³/mol. The average Bonchev–Trinajstić information content (AvgIpc) is 2.78. The highest BCUT2D eigenvalue weighted by Gasteiger charge is 2.09. The molecule has 0 saturated heterocycles. The second-order valence-corrected chi connectivity index (χ2v) is 3.07. The van der Waals surface area contributed by atoms with Crippen LogP contribution in [0.2, 0.25) is 0 Å². The van der Waals surface area contributed by atoms with E-state index in [4.69, 9.17) is 10.8 Å². The van der Waals surface area contributed by atoms with E-state index >= 15 is 0 Å². The van der Waals surface area contributed by atoms with E-state index in [1.54, 1.807) is 0 Å². The molecule has 0 atom stereocenters. The van der Waals surface area contributed by atoms with Crippen LogP contribution in [0.15, 0.2) is 24.7 Å². The summed E-state index contributed by atoms with van der Waals surface area (Å²) in [6.45, 7) is 0. The van der Waals surface area contributed by atoms with Crippen molar-refractivity contribution >= 4 is 11.9 Å². The van der Waals surface area contributed by atoms with Gasteiger partial charge in [-0.1, -0.05) is 0 Å². The van der Waals surface area contributed by atoms with Gasteiger partial charge in [-0.3, -0.25) is 4.79 Å². The van der Waals surface area contributed by atoms with Crippen LogP contribution < -0.4 is 5.73 Å². The number of carbonyl (C=O) groups is 2. The van der Waals surface area contributed by atoms with Crippen LogP contribution in [-0.4, -0.2) is 36.7 Å². The number of aromatic carboxylic acids is 1. The Kier molecular flexibility index (Phi) is 2.53. The lowest BCUT2D eigenvalue weighted by molar-refractivity contribution is 0.0689. The maximum Gasteiger partial charge on any atom is 0.356 e.